The van der Waals surface area contributed by atoms with E-state index in [2.05, 4.69) is 40.0 Å². The Morgan fingerprint density at radius 2 is 2.20 bits per heavy atom. The van der Waals surface area contributed by atoms with Crippen molar-refractivity contribution in [2.45, 2.75) is 59.8 Å². The minimum Gasteiger partial charge on any atom is -0.130 e. The van der Waals surface area contributed by atoms with Gasteiger partial charge in [0.05, 0.1) is 0 Å². The number of rotatable bonds is 6. The molecular weight excluding hydrogens is 180 g/mol. The van der Waals surface area contributed by atoms with Crippen molar-refractivity contribution in [3.05, 3.63) is 17.9 Å². The highest BCUT2D eigenvalue weighted by molar-refractivity contribution is 5.04. The van der Waals surface area contributed by atoms with Gasteiger partial charge in [0.1, 0.15) is 0 Å². The first-order chi connectivity index (χ1) is 7.01. The van der Waals surface area contributed by atoms with Crippen molar-refractivity contribution in [2.24, 2.45) is 17.3 Å². The molecule has 2 atom stereocenters. The molecule has 0 heterocycles. The summed E-state index contributed by atoms with van der Waals surface area (Å²) in [4.78, 5) is 0. The molecule has 2 unspecified atom stereocenters. The van der Waals surface area contributed by atoms with Gasteiger partial charge in [-0.3, -0.25) is 0 Å². The fourth-order valence-electron chi connectivity index (χ4n) is 2.57. The van der Waals surface area contributed by atoms with E-state index in [4.69, 9.17) is 0 Å². The molecule has 0 aliphatic heterocycles. The van der Waals surface area contributed by atoms with E-state index >= 15 is 0 Å². The van der Waals surface area contributed by atoms with Crippen LogP contribution in [-0.4, -0.2) is 0 Å². The molecule has 0 aromatic heterocycles. The molecule has 0 aromatic carbocycles. The van der Waals surface area contributed by atoms with Crippen LogP contribution >= 0.6 is 0 Å². The zero-order valence-corrected chi connectivity index (χ0v) is 10.9. The molecule has 86 valence electrons. The molecular formula is C15H26. The van der Waals surface area contributed by atoms with Gasteiger partial charge in [-0.05, 0) is 54.9 Å². The number of allylic oxidation sites excluding steroid dienone is 1. The van der Waals surface area contributed by atoms with Crippen molar-refractivity contribution in [1.29, 1.82) is 0 Å². The summed E-state index contributed by atoms with van der Waals surface area (Å²) in [7, 11) is 0. The highest BCUT2D eigenvalue weighted by atomic mass is 14.5. The van der Waals surface area contributed by atoms with E-state index in [0.29, 0.717) is 5.41 Å². The summed E-state index contributed by atoms with van der Waals surface area (Å²) in [6.45, 7) is 13.1. The molecule has 0 N–H and O–H groups in total. The van der Waals surface area contributed by atoms with Crippen LogP contribution in [0.5, 0.6) is 0 Å². The second-order valence-corrected chi connectivity index (χ2v) is 5.82. The highest BCUT2D eigenvalue weighted by Crippen LogP contribution is 2.58. The minimum atomic E-state index is 0.640. The maximum absolute atomic E-state index is 3.76. The van der Waals surface area contributed by atoms with Gasteiger partial charge >= 0.3 is 0 Å². The molecule has 0 nitrogen and oxygen atoms in total. The molecule has 0 heteroatoms. The summed E-state index contributed by atoms with van der Waals surface area (Å²) in [6.07, 6.45) is 6.53. The third-order valence-electron chi connectivity index (χ3n) is 3.97. The van der Waals surface area contributed by atoms with Crippen molar-refractivity contribution >= 4 is 0 Å². The first kappa shape index (κ1) is 12.6. The number of hydrogen-bond acceptors (Lipinski definition) is 0. The Hall–Kier alpha value is -0.480. The topological polar surface area (TPSA) is 0 Å². The van der Waals surface area contributed by atoms with Crippen LogP contribution in [0.2, 0.25) is 0 Å². The van der Waals surface area contributed by atoms with Gasteiger partial charge in [-0.2, -0.15) is 0 Å². The van der Waals surface area contributed by atoms with E-state index in [9.17, 15) is 0 Å². The standard InChI is InChI=1S/C15H26/c1-6-13(7-2)8-9-15(5)11-14(15)10-12(3)4/h12,14H,1,7-11H2,2-5H3. The van der Waals surface area contributed by atoms with Crippen molar-refractivity contribution < 1.29 is 0 Å². The van der Waals surface area contributed by atoms with Gasteiger partial charge in [0, 0.05) is 0 Å². The molecule has 0 spiro atoms. The predicted molar refractivity (Wildman–Crippen MR) is 67.8 cm³/mol. The van der Waals surface area contributed by atoms with E-state index in [1.807, 2.05) is 0 Å². The Balaban J connectivity index is 2.32. The van der Waals surface area contributed by atoms with Crippen molar-refractivity contribution in [2.75, 3.05) is 0 Å². The summed E-state index contributed by atoms with van der Waals surface area (Å²) in [6, 6.07) is 0. The monoisotopic (exact) mass is 206 g/mol. The lowest BCUT2D eigenvalue weighted by molar-refractivity contribution is 0.410. The van der Waals surface area contributed by atoms with E-state index in [1.54, 1.807) is 0 Å². The molecule has 1 aliphatic rings. The molecule has 1 aliphatic carbocycles. The van der Waals surface area contributed by atoms with Crippen LogP contribution < -0.4 is 0 Å². The second kappa shape index (κ2) is 5.03. The first-order valence-electron chi connectivity index (χ1n) is 6.39. The van der Waals surface area contributed by atoms with E-state index in [-0.39, 0.29) is 0 Å². The fourth-order valence-corrected chi connectivity index (χ4v) is 2.57. The van der Waals surface area contributed by atoms with Crippen molar-refractivity contribution in [1.82, 2.24) is 0 Å². The van der Waals surface area contributed by atoms with Crippen LogP contribution in [0.3, 0.4) is 0 Å². The van der Waals surface area contributed by atoms with Crippen LogP contribution in [0, 0.1) is 17.3 Å². The molecule has 1 rings (SSSR count). The fraction of sp³-hybridized carbons (Fsp3) is 0.800. The smallest absolute Gasteiger partial charge is 0.0239 e. The lowest BCUT2D eigenvalue weighted by Gasteiger charge is -2.12. The van der Waals surface area contributed by atoms with E-state index in [0.717, 1.165) is 18.3 Å². The van der Waals surface area contributed by atoms with E-state index < -0.39 is 0 Å². The Kier molecular flexibility index (Phi) is 4.22. The quantitative estimate of drug-likeness (QED) is 0.539. The predicted octanol–water partition coefficient (Wildman–Crippen LogP) is 4.96. The Bertz CT molecular complexity index is 255. The molecule has 1 fully saturated rings. The molecule has 15 heavy (non-hydrogen) atoms. The normalized spacial score (nSPS) is 29.0. The van der Waals surface area contributed by atoms with Crippen molar-refractivity contribution in [3.8, 4) is 0 Å². The Labute approximate surface area is 95.5 Å². The average molecular weight is 206 g/mol. The van der Waals surface area contributed by atoms with Gasteiger partial charge in [0.25, 0.3) is 0 Å². The molecule has 0 amide bonds. The van der Waals surface area contributed by atoms with Gasteiger partial charge < -0.3 is 0 Å². The van der Waals surface area contributed by atoms with E-state index in [1.165, 1.54) is 31.3 Å². The van der Waals surface area contributed by atoms with Gasteiger partial charge in [0.15, 0.2) is 0 Å². The van der Waals surface area contributed by atoms with Gasteiger partial charge in [-0.1, -0.05) is 34.3 Å². The minimum absolute atomic E-state index is 0.640. The third-order valence-corrected chi connectivity index (χ3v) is 3.97. The summed E-state index contributed by atoms with van der Waals surface area (Å²) >= 11 is 0. The zero-order valence-electron chi connectivity index (χ0n) is 10.9. The molecule has 0 bridgehead atoms. The lowest BCUT2D eigenvalue weighted by Crippen LogP contribution is -2.01. The average Bonchev–Trinajstić information content (AvgIpc) is 2.77. The molecule has 0 radical (unpaired) electrons. The first-order valence-corrected chi connectivity index (χ1v) is 6.39. The Morgan fingerprint density at radius 1 is 1.53 bits per heavy atom. The Morgan fingerprint density at radius 3 is 2.67 bits per heavy atom. The van der Waals surface area contributed by atoms with Crippen LogP contribution in [0.15, 0.2) is 17.9 Å². The van der Waals surface area contributed by atoms with Crippen LogP contribution in [0.25, 0.3) is 0 Å². The third kappa shape index (κ3) is 3.54. The summed E-state index contributed by atoms with van der Waals surface area (Å²) in [5.41, 5.74) is 5.12. The van der Waals surface area contributed by atoms with Crippen molar-refractivity contribution in [3.63, 3.8) is 0 Å². The molecule has 0 aromatic rings. The lowest BCUT2D eigenvalue weighted by atomic mass is 9.93. The van der Waals surface area contributed by atoms with Gasteiger partial charge in [-0.25, -0.2) is 0 Å². The number of hydrogen-bond donors (Lipinski definition) is 0. The van der Waals surface area contributed by atoms with Crippen LogP contribution in [0.1, 0.15) is 59.8 Å². The maximum atomic E-state index is 3.76. The largest absolute Gasteiger partial charge is 0.130 e. The zero-order chi connectivity index (χ0) is 11.5. The second-order valence-electron chi connectivity index (χ2n) is 5.82. The summed E-state index contributed by atoms with van der Waals surface area (Å²) in [5.74, 6) is 1.85. The van der Waals surface area contributed by atoms with Crippen LogP contribution in [0.4, 0.5) is 0 Å². The summed E-state index contributed by atoms with van der Waals surface area (Å²) < 4.78 is 0. The van der Waals surface area contributed by atoms with Gasteiger partial charge in [0.2, 0.25) is 0 Å². The summed E-state index contributed by atoms with van der Waals surface area (Å²) in [5, 5.41) is 0. The van der Waals surface area contributed by atoms with Crippen LogP contribution in [-0.2, 0) is 0 Å². The molecule has 0 saturated heterocycles. The highest BCUT2D eigenvalue weighted by Gasteiger charge is 2.48. The molecule has 1 saturated carbocycles. The van der Waals surface area contributed by atoms with Gasteiger partial charge in [-0.15, -0.1) is 5.73 Å². The maximum Gasteiger partial charge on any atom is -0.0239 e. The SMILES string of the molecule is C=C=C(CC)CCC1(C)CC1CC(C)C.